The van der Waals surface area contributed by atoms with Gasteiger partial charge in [0.15, 0.2) is 0 Å². The Kier molecular flexibility index (Phi) is 3.89. The van der Waals surface area contributed by atoms with Crippen LogP contribution in [0.2, 0.25) is 5.15 Å². The van der Waals surface area contributed by atoms with E-state index in [1.54, 1.807) is 11.8 Å². The Morgan fingerprint density at radius 1 is 1.33 bits per heavy atom. The van der Waals surface area contributed by atoms with Gasteiger partial charge in [0.05, 0.1) is 18.5 Å². The van der Waals surface area contributed by atoms with Crippen LogP contribution in [0.5, 0.6) is 5.75 Å². The lowest BCUT2D eigenvalue weighted by atomic mass is 10.2. The Bertz CT molecular complexity index is 535. The van der Waals surface area contributed by atoms with Gasteiger partial charge in [-0.15, -0.1) is 0 Å². The molecule has 2 rings (SSSR count). The van der Waals surface area contributed by atoms with Gasteiger partial charge in [0.1, 0.15) is 10.9 Å². The predicted molar refractivity (Wildman–Crippen MR) is 70.7 cm³/mol. The molecule has 0 spiro atoms. The first-order chi connectivity index (χ1) is 8.67. The van der Waals surface area contributed by atoms with E-state index in [0.29, 0.717) is 11.6 Å². The summed E-state index contributed by atoms with van der Waals surface area (Å²) in [5.74, 6) is 0.786. The molecule has 0 aliphatic carbocycles. The second kappa shape index (κ2) is 5.42. The third kappa shape index (κ3) is 2.35. The fourth-order valence-electron chi connectivity index (χ4n) is 1.82. The molecule has 0 saturated carbocycles. The second-order valence-corrected chi connectivity index (χ2v) is 4.30. The zero-order chi connectivity index (χ0) is 13.1. The molecule has 1 aromatic heterocycles. The van der Waals surface area contributed by atoms with Crippen molar-refractivity contribution in [1.82, 2.24) is 9.78 Å². The highest BCUT2D eigenvalue weighted by Crippen LogP contribution is 2.24. The van der Waals surface area contributed by atoms with E-state index < -0.39 is 0 Å². The van der Waals surface area contributed by atoms with Crippen molar-refractivity contribution >= 4 is 11.6 Å². The second-order valence-electron chi connectivity index (χ2n) is 3.94. The molecule has 1 heterocycles. The number of methoxy groups -OCH3 is 1. The monoisotopic (exact) mass is 266 g/mol. The van der Waals surface area contributed by atoms with E-state index in [9.17, 15) is 0 Å². The largest absolute Gasteiger partial charge is 0.497 e. The van der Waals surface area contributed by atoms with E-state index in [-0.39, 0.29) is 6.61 Å². The van der Waals surface area contributed by atoms with Crippen molar-refractivity contribution in [3.8, 4) is 11.4 Å². The van der Waals surface area contributed by atoms with Crippen LogP contribution in [0.25, 0.3) is 5.69 Å². The van der Waals surface area contributed by atoms with Gasteiger partial charge in [-0.2, -0.15) is 5.10 Å². The molecule has 1 aromatic carbocycles. The van der Waals surface area contributed by atoms with E-state index >= 15 is 0 Å². The number of aromatic nitrogens is 2. The van der Waals surface area contributed by atoms with Gasteiger partial charge >= 0.3 is 0 Å². The van der Waals surface area contributed by atoms with Crippen molar-refractivity contribution in [2.24, 2.45) is 0 Å². The van der Waals surface area contributed by atoms with Gasteiger partial charge in [-0.05, 0) is 31.2 Å². The summed E-state index contributed by atoms with van der Waals surface area (Å²) in [7, 11) is 1.62. The molecule has 0 aliphatic rings. The molecule has 0 unspecified atom stereocenters. The van der Waals surface area contributed by atoms with Crippen molar-refractivity contribution in [2.45, 2.75) is 13.3 Å². The number of aryl methyl sites for hydroxylation is 1. The van der Waals surface area contributed by atoms with E-state index in [1.165, 1.54) is 0 Å². The van der Waals surface area contributed by atoms with E-state index in [4.69, 9.17) is 21.4 Å². The van der Waals surface area contributed by atoms with Gasteiger partial charge in [-0.3, -0.25) is 0 Å². The number of halogens is 1. The van der Waals surface area contributed by atoms with E-state index in [1.807, 2.05) is 31.2 Å². The minimum absolute atomic E-state index is 0.0644. The number of hydrogen-bond acceptors (Lipinski definition) is 3. The summed E-state index contributed by atoms with van der Waals surface area (Å²) in [6, 6.07) is 7.49. The van der Waals surface area contributed by atoms with Crippen LogP contribution in [-0.2, 0) is 6.42 Å². The molecular formula is C13H15ClN2O2. The maximum atomic E-state index is 9.00. The summed E-state index contributed by atoms with van der Waals surface area (Å²) < 4.78 is 6.78. The standard InChI is InChI=1S/C13H15ClN2O2/c1-9-12(7-8-17)13(14)16(15-9)10-3-5-11(18-2)6-4-10/h3-6,17H,7-8H2,1-2H3. The van der Waals surface area contributed by atoms with Crippen LogP contribution in [0.15, 0.2) is 24.3 Å². The van der Waals surface area contributed by atoms with Crippen molar-refractivity contribution in [3.63, 3.8) is 0 Å². The van der Waals surface area contributed by atoms with Crippen molar-refractivity contribution in [1.29, 1.82) is 0 Å². The molecule has 96 valence electrons. The lowest BCUT2D eigenvalue weighted by molar-refractivity contribution is 0.299. The third-order valence-electron chi connectivity index (χ3n) is 2.80. The Balaban J connectivity index is 2.40. The molecular weight excluding hydrogens is 252 g/mol. The molecule has 0 radical (unpaired) electrons. The van der Waals surface area contributed by atoms with E-state index in [0.717, 1.165) is 22.7 Å². The van der Waals surface area contributed by atoms with Crippen molar-refractivity contribution < 1.29 is 9.84 Å². The van der Waals surface area contributed by atoms with Gasteiger partial charge in [-0.25, -0.2) is 4.68 Å². The highest BCUT2D eigenvalue weighted by molar-refractivity contribution is 6.30. The number of nitrogens with zero attached hydrogens (tertiary/aromatic N) is 2. The van der Waals surface area contributed by atoms with Gasteiger partial charge < -0.3 is 9.84 Å². The average molecular weight is 267 g/mol. The average Bonchev–Trinajstić information content (AvgIpc) is 2.67. The number of rotatable bonds is 4. The predicted octanol–water partition coefficient (Wildman–Crippen LogP) is 2.38. The summed E-state index contributed by atoms with van der Waals surface area (Å²) in [4.78, 5) is 0. The molecule has 18 heavy (non-hydrogen) atoms. The lowest BCUT2D eigenvalue weighted by Crippen LogP contribution is -1.97. The molecule has 0 atom stereocenters. The van der Waals surface area contributed by atoms with Gasteiger partial charge in [0, 0.05) is 18.6 Å². The zero-order valence-electron chi connectivity index (χ0n) is 10.4. The Labute approximate surface area is 111 Å². The van der Waals surface area contributed by atoms with Gasteiger partial charge in [0.25, 0.3) is 0 Å². The summed E-state index contributed by atoms with van der Waals surface area (Å²) in [5.41, 5.74) is 2.59. The Morgan fingerprint density at radius 2 is 2.00 bits per heavy atom. The number of aliphatic hydroxyl groups excluding tert-OH is 1. The molecule has 0 bridgehead atoms. The first-order valence-corrected chi connectivity index (χ1v) is 6.04. The molecule has 1 N–H and O–H groups in total. The topological polar surface area (TPSA) is 47.3 Å². The zero-order valence-corrected chi connectivity index (χ0v) is 11.1. The van der Waals surface area contributed by atoms with Crippen LogP contribution >= 0.6 is 11.6 Å². The van der Waals surface area contributed by atoms with Gasteiger partial charge in [0.2, 0.25) is 0 Å². The molecule has 0 saturated heterocycles. The number of hydrogen-bond donors (Lipinski definition) is 1. The van der Waals surface area contributed by atoms with Crippen LogP contribution in [-0.4, -0.2) is 28.6 Å². The maximum absolute atomic E-state index is 9.00. The molecule has 0 aliphatic heterocycles. The summed E-state index contributed by atoms with van der Waals surface area (Å²) in [6.07, 6.45) is 0.515. The van der Waals surface area contributed by atoms with Crippen LogP contribution in [0, 0.1) is 6.92 Å². The Morgan fingerprint density at radius 3 is 2.56 bits per heavy atom. The Hall–Kier alpha value is -1.52. The van der Waals surface area contributed by atoms with Crippen LogP contribution in [0.1, 0.15) is 11.3 Å². The molecule has 0 amide bonds. The number of ether oxygens (including phenoxy) is 1. The van der Waals surface area contributed by atoms with Gasteiger partial charge in [-0.1, -0.05) is 11.6 Å². The lowest BCUT2D eigenvalue weighted by Gasteiger charge is -2.05. The first kappa shape index (κ1) is 12.9. The maximum Gasteiger partial charge on any atom is 0.136 e. The highest BCUT2D eigenvalue weighted by atomic mass is 35.5. The normalized spacial score (nSPS) is 10.7. The molecule has 5 heteroatoms. The quantitative estimate of drug-likeness (QED) is 0.924. The van der Waals surface area contributed by atoms with Crippen molar-refractivity contribution in [2.75, 3.05) is 13.7 Å². The van der Waals surface area contributed by atoms with Crippen LogP contribution in [0.3, 0.4) is 0 Å². The van der Waals surface area contributed by atoms with Crippen LogP contribution < -0.4 is 4.74 Å². The molecule has 0 fully saturated rings. The highest BCUT2D eigenvalue weighted by Gasteiger charge is 2.13. The molecule has 2 aromatic rings. The van der Waals surface area contributed by atoms with Crippen LogP contribution in [0.4, 0.5) is 0 Å². The first-order valence-electron chi connectivity index (χ1n) is 5.66. The number of benzene rings is 1. The molecule has 4 nitrogen and oxygen atoms in total. The fraction of sp³-hybridized carbons (Fsp3) is 0.308. The minimum Gasteiger partial charge on any atom is -0.497 e. The van der Waals surface area contributed by atoms with Crippen molar-refractivity contribution in [3.05, 3.63) is 40.7 Å². The van der Waals surface area contributed by atoms with E-state index in [2.05, 4.69) is 5.10 Å². The summed E-state index contributed by atoms with van der Waals surface area (Å²) in [5, 5.41) is 13.9. The summed E-state index contributed by atoms with van der Waals surface area (Å²) in [6.45, 7) is 1.95. The smallest absolute Gasteiger partial charge is 0.136 e. The SMILES string of the molecule is COc1ccc(-n2nc(C)c(CCO)c2Cl)cc1. The third-order valence-corrected chi connectivity index (χ3v) is 3.19. The summed E-state index contributed by atoms with van der Waals surface area (Å²) >= 11 is 6.27. The fourth-order valence-corrected chi connectivity index (χ4v) is 2.19. The minimum atomic E-state index is 0.0644. The number of aliphatic hydroxyl groups is 1.